The van der Waals surface area contributed by atoms with Crippen LogP contribution in [0.4, 0.5) is 0 Å². The predicted molar refractivity (Wildman–Crippen MR) is 68.0 cm³/mol. The van der Waals surface area contributed by atoms with E-state index in [9.17, 15) is 4.79 Å². The molecule has 0 aromatic carbocycles. The predicted octanol–water partition coefficient (Wildman–Crippen LogP) is 2.39. The highest BCUT2D eigenvalue weighted by Gasteiger charge is 2.44. The van der Waals surface area contributed by atoms with E-state index in [1.54, 1.807) is 30.2 Å². The van der Waals surface area contributed by atoms with Gasteiger partial charge in [0.1, 0.15) is 6.07 Å². The number of hydrogen-bond acceptors (Lipinski definition) is 5. The molecule has 0 radical (unpaired) electrons. The maximum absolute atomic E-state index is 11.3. The second kappa shape index (κ2) is 5.40. The number of esters is 1. The summed E-state index contributed by atoms with van der Waals surface area (Å²) in [7, 11) is 1.42. The fraction of sp³-hybridized carbons (Fsp3) is 0.462. The van der Waals surface area contributed by atoms with E-state index in [4.69, 9.17) is 10.00 Å². The largest absolute Gasteiger partial charge is 0.469 e. The number of carbonyl (C=O) groups excluding carboxylic acids is 1. The van der Waals surface area contributed by atoms with Gasteiger partial charge in [0.05, 0.1) is 19.1 Å². The third-order valence-corrected chi connectivity index (χ3v) is 4.54. The van der Waals surface area contributed by atoms with E-state index in [-0.39, 0.29) is 11.4 Å². The number of hydrogen-bond donors (Lipinski definition) is 0. The van der Waals surface area contributed by atoms with E-state index in [0.29, 0.717) is 12.0 Å². The molecular formula is C13H14N2O2S. The monoisotopic (exact) mass is 262 g/mol. The second-order valence-corrected chi connectivity index (χ2v) is 5.54. The van der Waals surface area contributed by atoms with Gasteiger partial charge in [-0.2, -0.15) is 5.26 Å². The van der Waals surface area contributed by atoms with E-state index in [2.05, 4.69) is 11.1 Å². The van der Waals surface area contributed by atoms with E-state index in [1.807, 2.05) is 0 Å². The number of ether oxygens (including phenoxy) is 1. The molecule has 1 aromatic rings. The van der Waals surface area contributed by atoms with Gasteiger partial charge in [0, 0.05) is 23.0 Å². The Kier molecular flexibility index (Phi) is 3.87. The van der Waals surface area contributed by atoms with Crippen molar-refractivity contribution in [3.8, 4) is 6.07 Å². The Morgan fingerprint density at radius 2 is 2.44 bits per heavy atom. The maximum Gasteiger partial charge on any atom is 0.306 e. The van der Waals surface area contributed by atoms with Crippen molar-refractivity contribution in [2.75, 3.05) is 12.9 Å². The van der Waals surface area contributed by atoms with Gasteiger partial charge in [-0.15, -0.1) is 11.8 Å². The average Bonchev–Trinajstić information content (AvgIpc) is 3.16. The van der Waals surface area contributed by atoms with Crippen LogP contribution >= 0.6 is 11.8 Å². The molecule has 1 heterocycles. The fourth-order valence-corrected chi connectivity index (χ4v) is 3.00. The Labute approximate surface area is 110 Å². The Morgan fingerprint density at radius 1 is 1.67 bits per heavy atom. The first kappa shape index (κ1) is 12.9. The molecule has 18 heavy (non-hydrogen) atoms. The van der Waals surface area contributed by atoms with Crippen LogP contribution in [-0.4, -0.2) is 23.8 Å². The summed E-state index contributed by atoms with van der Waals surface area (Å²) in [5.41, 5.74) is 0.712. The quantitative estimate of drug-likeness (QED) is 0.602. The Hall–Kier alpha value is -1.54. The van der Waals surface area contributed by atoms with Gasteiger partial charge in [-0.1, -0.05) is 0 Å². The summed E-state index contributed by atoms with van der Waals surface area (Å²) in [6.07, 6.45) is 5.90. The highest BCUT2D eigenvalue weighted by atomic mass is 32.2. The lowest BCUT2D eigenvalue weighted by atomic mass is 10.1. The van der Waals surface area contributed by atoms with Crippen molar-refractivity contribution in [3.63, 3.8) is 0 Å². The summed E-state index contributed by atoms with van der Waals surface area (Å²) in [5.74, 6) is 0.683. The number of methoxy groups -OCH3 is 1. The molecule has 4 nitrogen and oxygen atoms in total. The molecule has 0 N–H and O–H groups in total. The van der Waals surface area contributed by atoms with Crippen LogP contribution in [-0.2, 0) is 9.53 Å². The standard InChI is InChI=1S/C13H14N2O2S/c1-17-12(16)6-13(3-4-13)9-18-11-8-15-5-2-10(11)7-14/h2,5,8H,3-4,6,9H2,1H3. The number of nitrogens with zero attached hydrogens (tertiary/aromatic N) is 2. The molecule has 5 heteroatoms. The number of rotatable bonds is 5. The van der Waals surface area contributed by atoms with Gasteiger partial charge >= 0.3 is 5.97 Å². The van der Waals surface area contributed by atoms with E-state index in [0.717, 1.165) is 23.5 Å². The van der Waals surface area contributed by atoms with Crippen molar-refractivity contribution in [2.24, 2.45) is 5.41 Å². The number of nitriles is 1. The van der Waals surface area contributed by atoms with Gasteiger partial charge in [0.25, 0.3) is 0 Å². The zero-order valence-electron chi connectivity index (χ0n) is 10.2. The average molecular weight is 262 g/mol. The van der Waals surface area contributed by atoms with Crippen LogP contribution in [0.3, 0.4) is 0 Å². The number of carbonyl (C=O) groups is 1. The van der Waals surface area contributed by atoms with Gasteiger partial charge < -0.3 is 4.74 Å². The molecule has 0 amide bonds. The Morgan fingerprint density at radius 3 is 3.06 bits per heavy atom. The lowest BCUT2D eigenvalue weighted by Crippen LogP contribution is -2.13. The van der Waals surface area contributed by atoms with Crippen LogP contribution in [0.5, 0.6) is 0 Å². The lowest BCUT2D eigenvalue weighted by molar-refractivity contribution is -0.141. The van der Waals surface area contributed by atoms with Crippen molar-refractivity contribution >= 4 is 17.7 Å². The summed E-state index contributed by atoms with van der Waals surface area (Å²) in [4.78, 5) is 16.2. The van der Waals surface area contributed by atoms with E-state index in [1.165, 1.54) is 7.11 Å². The van der Waals surface area contributed by atoms with E-state index >= 15 is 0 Å². The van der Waals surface area contributed by atoms with Gasteiger partial charge in [-0.3, -0.25) is 9.78 Å². The molecule has 0 spiro atoms. The lowest BCUT2D eigenvalue weighted by Gasteiger charge is -2.13. The molecule has 1 aromatic heterocycles. The highest BCUT2D eigenvalue weighted by Crippen LogP contribution is 2.52. The minimum absolute atomic E-state index is 0.0698. The summed E-state index contributed by atoms with van der Waals surface area (Å²) in [6.45, 7) is 0. The molecule has 1 fully saturated rings. The molecular weight excluding hydrogens is 248 g/mol. The fourth-order valence-electron chi connectivity index (χ4n) is 1.75. The smallest absolute Gasteiger partial charge is 0.306 e. The summed E-state index contributed by atoms with van der Waals surface area (Å²) in [5, 5.41) is 8.98. The molecule has 1 aliphatic rings. The van der Waals surface area contributed by atoms with E-state index < -0.39 is 0 Å². The van der Waals surface area contributed by atoms with Crippen LogP contribution < -0.4 is 0 Å². The van der Waals surface area contributed by atoms with Gasteiger partial charge in [0.15, 0.2) is 0 Å². The molecule has 0 atom stereocenters. The molecule has 0 aliphatic heterocycles. The first-order valence-corrected chi connectivity index (χ1v) is 6.71. The van der Waals surface area contributed by atoms with Crippen LogP contribution in [0.25, 0.3) is 0 Å². The first-order chi connectivity index (χ1) is 8.69. The summed E-state index contributed by atoms with van der Waals surface area (Å²) in [6, 6.07) is 3.86. The number of thioether (sulfide) groups is 1. The maximum atomic E-state index is 11.3. The first-order valence-electron chi connectivity index (χ1n) is 5.73. The Bertz CT molecular complexity index is 492. The number of aromatic nitrogens is 1. The third kappa shape index (κ3) is 3.02. The Balaban J connectivity index is 1.96. The summed E-state index contributed by atoms with van der Waals surface area (Å²) < 4.78 is 4.71. The topological polar surface area (TPSA) is 63.0 Å². The molecule has 94 valence electrons. The third-order valence-electron chi connectivity index (χ3n) is 3.14. The summed E-state index contributed by atoms with van der Waals surface area (Å²) >= 11 is 1.60. The minimum Gasteiger partial charge on any atom is -0.469 e. The molecule has 1 aliphatic carbocycles. The SMILES string of the molecule is COC(=O)CC1(CSc2cnccc2C#N)CC1. The van der Waals surface area contributed by atoms with Gasteiger partial charge in [-0.25, -0.2) is 0 Å². The van der Waals surface area contributed by atoms with Crippen molar-refractivity contribution in [1.29, 1.82) is 5.26 Å². The molecule has 2 rings (SSSR count). The van der Waals surface area contributed by atoms with Gasteiger partial charge in [0.2, 0.25) is 0 Å². The van der Waals surface area contributed by atoms with Crippen LogP contribution in [0.2, 0.25) is 0 Å². The zero-order chi connectivity index (χ0) is 13.0. The second-order valence-electron chi connectivity index (χ2n) is 4.53. The van der Waals surface area contributed by atoms with Crippen LogP contribution in [0.1, 0.15) is 24.8 Å². The van der Waals surface area contributed by atoms with Crippen LogP contribution in [0.15, 0.2) is 23.4 Å². The van der Waals surface area contributed by atoms with Crippen molar-refractivity contribution in [2.45, 2.75) is 24.2 Å². The van der Waals surface area contributed by atoms with Gasteiger partial charge in [-0.05, 0) is 24.3 Å². The zero-order valence-corrected chi connectivity index (χ0v) is 11.0. The van der Waals surface area contributed by atoms with Crippen molar-refractivity contribution in [3.05, 3.63) is 24.0 Å². The minimum atomic E-state index is -0.153. The molecule has 0 unspecified atom stereocenters. The van der Waals surface area contributed by atoms with Crippen molar-refractivity contribution in [1.82, 2.24) is 4.98 Å². The molecule has 0 bridgehead atoms. The molecule has 0 saturated heterocycles. The highest BCUT2D eigenvalue weighted by molar-refractivity contribution is 7.99. The molecule has 1 saturated carbocycles. The number of pyridine rings is 1. The van der Waals surface area contributed by atoms with Crippen molar-refractivity contribution < 1.29 is 9.53 Å². The van der Waals surface area contributed by atoms with Crippen LogP contribution in [0, 0.1) is 16.7 Å². The normalized spacial score (nSPS) is 15.8.